The molecule has 3 aromatic rings. The Hall–Kier alpha value is -2.97. The molecule has 0 aliphatic heterocycles. The highest BCUT2D eigenvalue weighted by Crippen LogP contribution is 2.14. The molecule has 2 aromatic heterocycles. The van der Waals surface area contributed by atoms with Crippen molar-refractivity contribution in [2.45, 2.75) is 0 Å². The zero-order chi connectivity index (χ0) is 16.8. The van der Waals surface area contributed by atoms with Crippen LogP contribution in [0.3, 0.4) is 0 Å². The van der Waals surface area contributed by atoms with Crippen LogP contribution >= 0.6 is 15.9 Å². The lowest BCUT2D eigenvalue weighted by Gasteiger charge is -2.05. The van der Waals surface area contributed by atoms with Gasteiger partial charge in [-0.15, -0.1) is 0 Å². The molecular formula is C19H12BrN3O. The lowest BCUT2D eigenvalue weighted by atomic mass is 10.2. The largest absolute Gasteiger partial charge is 0.322 e. The Morgan fingerprint density at radius 3 is 2.75 bits per heavy atom. The number of halogens is 1. The second kappa shape index (κ2) is 7.53. The average molecular weight is 378 g/mol. The number of pyridine rings is 2. The Kier molecular flexibility index (Phi) is 4.99. The maximum Gasteiger partial charge on any atom is 0.257 e. The predicted octanol–water partition coefficient (Wildman–Crippen LogP) is 3.89. The molecule has 0 fully saturated rings. The zero-order valence-corrected chi connectivity index (χ0v) is 14.1. The number of nitrogens with one attached hydrogen (secondary N) is 1. The van der Waals surface area contributed by atoms with Gasteiger partial charge in [0.1, 0.15) is 5.69 Å². The molecule has 24 heavy (non-hydrogen) atoms. The quantitative estimate of drug-likeness (QED) is 0.689. The molecule has 0 saturated carbocycles. The number of carbonyl (C=O) groups excluding carboxylic acids is 1. The molecule has 0 spiro atoms. The van der Waals surface area contributed by atoms with E-state index in [1.54, 1.807) is 18.5 Å². The first kappa shape index (κ1) is 15.9. The van der Waals surface area contributed by atoms with Crippen LogP contribution in [0, 0.1) is 11.8 Å². The summed E-state index contributed by atoms with van der Waals surface area (Å²) >= 11 is 3.30. The van der Waals surface area contributed by atoms with Gasteiger partial charge in [0.15, 0.2) is 0 Å². The summed E-state index contributed by atoms with van der Waals surface area (Å²) < 4.78 is 0.755. The molecule has 1 aromatic carbocycles. The molecule has 1 N–H and O–H groups in total. The molecule has 0 radical (unpaired) electrons. The fraction of sp³-hybridized carbons (Fsp3) is 0. The van der Waals surface area contributed by atoms with Crippen molar-refractivity contribution in [2.24, 2.45) is 0 Å². The van der Waals surface area contributed by atoms with E-state index in [1.807, 2.05) is 42.5 Å². The third kappa shape index (κ3) is 4.28. The second-order valence-electron chi connectivity index (χ2n) is 4.89. The maximum atomic E-state index is 12.2. The number of rotatable bonds is 2. The van der Waals surface area contributed by atoms with Gasteiger partial charge in [-0.05, 0) is 58.2 Å². The first-order chi connectivity index (χ1) is 11.7. The standard InChI is InChI=1S/C19H12BrN3O/c20-16-11-15(12-21-13-16)19(24)23-18-6-3-4-14(10-18)7-8-17-5-1-2-9-22-17/h1-6,9-13H,(H,23,24). The lowest BCUT2D eigenvalue weighted by molar-refractivity contribution is 0.102. The molecule has 0 atom stereocenters. The van der Waals surface area contributed by atoms with Gasteiger partial charge in [-0.2, -0.15) is 0 Å². The van der Waals surface area contributed by atoms with Gasteiger partial charge in [0, 0.05) is 34.3 Å². The number of carbonyl (C=O) groups is 1. The van der Waals surface area contributed by atoms with Crippen LogP contribution in [0.15, 0.2) is 71.6 Å². The van der Waals surface area contributed by atoms with Gasteiger partial charge < -0.3 is 5.32 Å². The predicted molar refractivity (Wildman–Crippen MR) is 96.5 cm³/mol. The van der Waals surface area contributed by atoms with Crippen LogP contribution in [-0.4, -0.2) is 15.9 Å². The highest BCUT2D eigenvalue weighted by atomic mass is 79.9. The Balaban J connectivity index is 1.76. The first-order valence-corrected chi connectivity index (χ1v) is 7.95. The van der Waals surface area contributed by atoms with Crippen molar-refractivity contribution in [2.75, 3.05) is 5.32 Å². The highest BCUT2D eigenvalue weighted by molar-refractivity contribution is 9.10. The van der Waals surface area contributed by atoms with Crippen LogP contribution in [0.2, 0.25) is 0 Å². The molecule has 0 unspecified atom stereocenters. The van der Waals surface area contributed by atoms with Crippen LogP contribution < -0.4 is 5.32 Å². The van der Waals surface area contributed by atoms with Gasteiger partial charge in [0.2, 0.25) is 0 Å². The monoisotopic (exact) mass is 377 g/mol. The van der Waals surface area contributed by atoms with Crippen molar-refractivity contribution in [1.29, 1.82) is 0 Å². The third-order valence-electron chi connectivity index (χ3n) is 3.09. The van der Waals surface area contributed by atoms with E-state index in [0.717, 1.165) is 10.0 Å². The highest BCUT2D eigenvalue weighted by Gasteiger charge is 2.07. The van der Waals surface area contributed by atoms with E-state index < -0.39 is 0 Å². The van der Waals surface area contributed by atoms with E-state index in [4.69, 9.17) is 0 Å². The Bertz CT molecular complexity index is 930. The van der Waals surface area contributed by atoms with E-state index in [0.29, 0.717) is 16.9 Å². The minimum absolute atomic E-state index is 0.223. The van der Waals surface area contributed by atoms with Crippen LogP contribution in [0.5, 0.6) is 0 Å². The number of nitrogens with zero attached hydrogens (tertiary/aromatic N) is 2. The molecule has 1 amide bonds. The molecule has 0 aliphatic rings. The minimum Gasteiger partial charge on any atom is -0.322 e. The topological polar surface area (TPSA) is 54.9 Å². The van der Waals surface area contributed by atoms with Gasteiger partial charge in [0.05, 0.1) is 5.56 Å². The molecule has 0 aliphatic carbocycles. The molecular weight excluding hydrogens is 366 g/mol. The Morgan fingerprint density at radius 2 is 1.96 bits per heavy atom. The smallest absolute Gasteiger partial charge is 0.257 e. The summed E-state index contributed by atoms with van der Waals surface area (Å²) in [5.41, 5.74) is 2.65. The minimum atomic E-state index is -0.223. The number of anilines is 1. The third-order valence-corrected chi connectivity index (χ3v) is 3.52. The van der Waals surface area contributed by atoms with E-state index in [2.05, 4.69) is 43.1 Å². The number of hydrogen-bond donors (Lipinski definition) is 1. The van der Waals surface area contributed by atoms with Gasteiger partial charge in [-0.3, -0.25) is 9.78 Å². The van der Waals surface area contributed by atoms with E-state index in [-0.39, 0.29) is 5.91 Å². The molecule has 116 valence electrons. The van der Waals surface area contributed by atoms with E-state index >= 15 is 0 Å². The van der Waals surface area contributed by atoms with E-state index in [1.165, 1.54) is 6.20 Å². The molecule has 0 bridgehead atoms. The molecule has 4 nitrogen and oxygen atoms in total. The van der Waals surface area contributed by atoms with Crippen molar-refractivity contribution in [3.05, 3.63) is 88.4 Å². The van der Waals surface area contributed by atoms with Crippen LogP contribution in [-0.2, 0) is 0 Å². The summed E-state index contributed by atoms with van der Waals surface area (Å²) in [6.07, 6.45) is 4.85. The zero-order valence-electron chi connectivity index (χ0n) is 12.5. The number of benzene rings is 1. The number of aromatic nitrogens is 2. The van der Waals surface area contributed by atoms with Crippen molar-refractivity contribution >= 4 is 27.5 Å². The lowest BCUT2D eigenvalue weighted by Crippen LogP contribution is -2.12. The Labute approximate surface area is 148 Å². The average Bonchev–Trinajstić information content (AvgIpc) is 2.61. The molecule has 3 rings (SSSR count). The number of amides is 1. The van der Waals surface area contributed by atoms with Crippen molar-refractivity contribution in [3.63, 3.8) is 0 Å². The van der Waals surface area contributed by atoms with Gasteiger partial charge in [-0.25, -0.2) is 4.98 Å². The van der Waals surface area contributed by atoms with Crippen molar-refractivity contribution in [3.8, 4) is 11.8 Å². The molecule has 2 heterocycles. The second-order valence-corrected chi connectivity index (χ2v) is 5.81. The Morgan fingerprint density at radius 1 is 1.04 bits per heavy atom. The van der Waals surface area contributed by atoms with E-state index in [9.17, 15) is 4.79 Å². The van der Waals surface area contributed by atoms with Crippen molar-refractivity contribution in [1.82, 2.24) is 9.97 Å². The van der Waals surface area contributed by atoms with Crippen LogP contribution in [0.1, 0.15) is 21.6 Å². The van der Waals surface area contributed by atoms with Gasteiger partial charge in [0.25, 0.3) is 5.91 Å². The fourth-order valence-corrected chi connectivity index (χ4v) is 2.35. The molecule has 5 heteroatoms. The summed E-state index contributed by atoms with van der Waals surface area (Å²) in [6.45, 7) is 0. The van der Waals surface area contributed by atoms with Gasteiger partial charge in [-0.1, -0.05) is 18.1 Å². The fourth-order valence-electron chi connectivity index (χ4n) is 1.99. The molecule has 0 saturated heterocycles. The number of hydrogen-bond acceptors (Lipinski definition) is 3. The van der Waals surface area contributed by atoms with Gasteiger partial charge >= 0.3 is 0 Å². The maximum absolute atomic E-state index is 12.2. The summed E-state index contributed by atoms with van der Waals surface area (Å²) in [6, 6.07) is 14.7. The summed E-state index contributed by atoms with van der Waals surface area (Å²) in [4.78, 5) is 20.4. The first-order valence-electron chi connectivity index (χ1n) is 7.16. The SMILES string of the molecule is O=C(Nc1cccc(C#Cc2ccccn2)c1)c1cncc(Br)c1. The summed E-state index contributed by atoms with van der Waals surface area (Å²) in [7, 11) is 0. The van der Waals surface area contributed by atoms with Crippen LogP contribution in [0.4, 0.5) is 5.69 Å². The summed E-state index contributed by atoms with van der Waals surface area (Å²) in [5, 5.41) is 2.84. The van der Waals surface area contributed by atoms with Crippen LogP contribution in [0.25, 0.3) is 0 Å². The normalized spacial score (nSPS) is 9.71. The summed E-state index contributed by atoms with van der Waals surface area (Å²) in [5.74, 6) is 5.81. The van der Waals surface area contributed by atoms with Crippen molar-refractivity contribution < 1.29 is 4.79 Å².